The lowest BCUT2D eigenvalue weighted by molar-refractivity contribution is -0.150. The zero-order valence-corrected chi connectivity index (χ0v) is 57.7. The zero-order chi connectivity index (χ0) is 62.3. The summed E-state index contributed by atoms with van der Waals surface area (Å²) in [6.07, 6.45) is 49.5. The fourth-order valence-electron chi connectivity index (χ4n) is 10.1. The summed E-state index contributed by atoms with van der Waals surface area (Å²) in [5.74, 6) is -0.203. The number of rotatable bonds is 68. The van der Waals surface area contributed by atoms with Gasteiger partial charge in [-0.2, -0.15) is 0 Å². The predicted molar refractivity (Wildman–Crippen MR) is 354 cm³/mol. The molecule has 13 heteroatoms. The fourth-order valence-corrected chi connectivity index (χ4v) is 10.1. The summed E-state index contributed by atoms with van der Waals surface area (Å²) >= 11 is 0. The van der Waals surface area contributed by atoms with Gasteiger partial charge in [0, 0.05) is 13.2 Å². The highest BCUT2D eigenvalue weighted by Gasteiger charge is 2.19. The average molecular weight is 1210 g/mol. The molecule has 2 unspecified atom stereocenters. The molecule has 0 bridgehead atoms. The van der Waals surface area contributed by atoms with Gasteiger partial charge in [0.2, 0.25) is 0 Å². The van der Waals surface area contributed by atoms with Crippen molar-refractivity contribution in [1.29, 1.82) is 0 Å². The number of aliphatic hydroxyl groups excluding tert-OH is 2. The number of carbonyl (C=O) groups excluding carboxylic acids is 1. The molecule has 13 nitrogen and oxygen atoms in total. The molecule has 0 fully saturated rings. The van der Waals surface area contributed by atoms with Crippen LogP contribution in [0.5, 0.6) is 0 Å². The molecule has 0 aliphatic heterocycles. The monoisotopic (exact) mass is 1210 g/mol. The van der Waals surface area contributed by atoms with E-state index < -0.39 is 6.29 Å². The summed E-state index contributed by atoms with van der Waals surface area (Å²) in [4.78, 5) is 14.3. The topological polar surface area (TPSA) is 144 Å². The maximum absolute atomic E-state index is 12.2. The van der Waals surface area contributed by atoms with Crippen LogP contribution < -0.4 is 0 Å². The summed E-state index contributed by atoms with van der Waals surface area (Å²) in [5, 5.41) is 19.7. The summed E-state index contributed by atoms with van der Waals surface area (Å²) in [7, 11) is 4.02. The first-order valence-corrected chi connectivity index (χ1v) is 36.1. The van der Waals surface area contributed by atoms with Crippen LogP contribution in [0.25, 0.3) is 0 Å². The van der Waals surface area contributed by atoms with Crippen LogP contribution in [0.4, 0.5) is 0 Å². The lowest BCUT2D eigenvalue weighted by Crippen LogP contribution is -2.27. The molecule has 2 N–H and O–H groups in total. The lowest BCUT2D eigenvalue weighted by atomic mass is 10.0. The van der Waals surface area contributed by atoms with Gasteiger partial charge in [0.1, 0.15) is 19.5 Å². The van der Waals surface area contributed by atoms with E-state index in [4.69, 9.17) is 47.7 Å². The minimum absolute atomic E-state index is 0.0621. The van der Waals surface area contributed by atoms with E-state index in [2.05, 4.69) is 39.5 Å². The zero-order valence-electron chi connectivity index (χ0n) is 57.7. The Kier molecular flexibility index (Phi) is 79.2. The standard InChI is InChI=1S/C51H103NO10.C18H38O2.C2H6/c1-7-11-14-17-20-25-30-48(31-26-21-18-15-12-8-2)62-50(53)32-27-22-19-24-28-35-58-45-49(60-36-29-23-16-13-9-3)46-59-42-41-56-38-37-55-39-40-57-43-44-61-51(54)47(10-4)33-34-52(5)6;1-3-5-7-9-11-13-15-18(20-17-19)16-14-12-10-8-6-4-2;1-2/h47-50,53H,7-46H2,1-6H3;18-19H,3-17H2,1-2H3;1-2H3/t47?,49-,50?;;/m0../s1. The molecule has 508 valence electrons. The van der Waals surface area contributed by atoms with Gasteiger partial charge >= 0.3 is 5.97 Å². The van der Waals surface area contributed by atoms with Gasteiger partial charge in [-0.15, -0.1) is 0 Å². The van der Waals surface area contributed by atoms with Crippen molar-refractivity contribution in [3.05, 3.63) is 0 Å². The van der Waals surface area contributed by atoms with E-state index in [-0.39, 0.29) is 43.6 Å². The Balaban J connectivity index is -0.00000250. The molecule has 0 saturated carbocycles. The van der Waals surface area contributed by atoms with E-state index in [1.807, 2.05) is 34.9 Å². The molecule has 0 aromatic heterocycles. The highest BCUT2D eigenvalue weighted by atomic mass is 16.6. The minimum Gasteiger partial charge on any atom is -0.463 e. The molecule has 84 heavy (non-hydrogen) atoms. The quantitative estimate of drug-likeness (QED) is 0.0339. The number of esters is 1. The number of carbonyl (C=O) groups is 1. The van der Waals surface area contributed by atoms with E-state index in [1.165, 1.54) is 180 Å². The third kappa shape index (κ3) is 70.1. The van der Waals surface area contributed by atoms with Crippen LogP contribution in [0, 0.1) is 5.92 Å². The molecule has 0 aliphatic rings. The molecule has 0 saturated heterocycles. The second kappa shape index (κ2) is 76.3. The Morgan fingerprint density at radius 1 is 0.369 bits per heavy atom. The van der Waals surface area contributed by atoms with Crippen molar-refractivity contribution in [2.24, 2.45) is 5.92 Å². The highest BCUT2D eigenvalue weighted by molar-refractivity contribution is 5.72. The summed E-state index contributed by atoms with van der Waals surface area (Å²) in [5.41, 5.74) is 0. The van der Waals surface area contributed by atoms with E-state index >= 15 is 0 Å². The van der Waals surface area contributed by atoms with Gasteiger partial charge in [-0.3, -0.25) is 4.79 Å². The first-order chi connectivity index (χ1) is 41.2. The Labute approximate surface area is 522 Å². The van der Waals surface area contributed by atoms with E-state index in [0.29, 0.717) is 59.5 Å². The second-order valence-corrected chi connectivity index (χ2v) is 23.7. The maximum Gasteiger partial charge on any atom is 0.309 e. The molecule has 0 radical (unpaired) electrons. The van der Waals surface area contributed by atoms with Crippen molar-refractivity contribution >= 4 is 5.97 Å². The predicted octanol–water partition coefficient (Wildman–Crippen LogP) is 18.3. The van der Waals surface area contributed by atoms with Crippen molar-refractivity contribution in [2.45, 2.75) is 343 Å². The third-order valence-electron chi connectivity index (χ3n) is 15.5. The number of hydrogen-bond donors (Lipinski definition) is 2. The van der Waals surface area contributed by atoms with Crippen LogP contribution in [0.3, 0.4) is 0 Å². The first kappa shape index (κ1) is 87.2. The van der Waals surface area contributed by atoms with E-state index in [1.54, 1.807) is 0 Å². The highest BCUT2D eigenvalue weighted by Crippen LogP contribution is 2.21. The second-order valence-electron chi connectivity index (χ2n) is 23.7. The molecular formula is C71H147NO12. The molecule has 0 amide bonds. The van der Waals surface area contributed by atoms with Crippen LogP contribution in [-0.4, -0.2) is 152 Å². The van der Waals surface area contributed by atoms with E-state index in [9.17, 15) is 9.90 Å². The van der Waals surface area contributed by atoms with Gasteiger partial charge in [0.25, 0.3) is 0 Å². The Hall–Kier alpha value is -0.970. The summed E-state index contributed by atoms with van der Waals surface area (Å²) in [6.45, 7) is 24.0. The Morgan fingerprint density at radius 2 is 0.714 bits per heavy atom. The number of unbranched alkanes of at least 4 members (excludes halogenated alkanes) is 28. The van der Waals surface area contributed by atoms with Gasteiger partial charge in [-0.25, -0.2) is 0 Å². The van der Waals surface area contributed by atoms with Crippen LogP contribution in [-0.2, 0) is 47.4 Å². The Bertz CT molecular complexity index is 1160. The van der Waals surface area contributed by atoms with Crippen LogP contribution >= 0.6 is 0 Å². The number of aliphatic hydroxyl groups is 2. The minimum atomic E-state index is -0.639. The van der Waals surface area contributed by atoms with Gasteiger partial charge < -0.3 is 57.7 Å². The van der Waals surface area contributed by atoms with Crippen molar-refractivity contribution in [3.63, 3.8) is 0 Å². The summed E-state index contributed by atoms with van der Waals surface area (Å²) < 4.78 is 52.0. The molecule has 0 aromatic rings. The molecule has 0 aliphatic carbocycles. The molecular weight excluding hydrogens is 1060 g/mol. The van der Waals surface area contributed by atoms with Crippen LogP contribution in [0.1, 0.15) is 319 Å². The van der Waals surface area contributed by atoms with E-state index in [0.717, 1.165) is 103 Å². The number of ether oxygens (including phenoxy) is 9. The lowest BCUT2D eigenvalue weighted by Gasteiger charge is -2.22. The van der Waals surface area contributed by atoms with Crippen molar-refractivity contribution in [1.82, 2.24) is 4.90 Å². The van der Waals surface area contributed by atoms with Crippen molar-refractivity contribution < 1.29 is 57.6 Å². The van der Waals surface area contributed by atoms with Gasteiger partial charge in [0.05, 0.1) is 77.6 Å². The molecule has 0 heterocycles. The molecule has 0 aromatic carbocycles. The number of nitrogens with zero attached hydrogens (tertiary/aromatic N) is 1. The summed E-state index contributed by atoms with van der Waals surface area (Å²) in [6, 6.07) is 0. The van der Waals surface area contributed by atoms with Gasteiger partial charge in [-0.1, -0.05) is 254 Å². The van der Waals surface area contributed by atoms with Gasteiger partial charge in [0.15, 0.2) is 6.29 Å². The number of hydrogen-bond acceptors (Lipinski definition) is 13. The molecule has 0 spiro atoms. The van der Waals surface area contributed by atoms with Crippen LogP contribution in [0.15, 0.2) is 0 Å². The largest absolute Gasteiger partial charge is 0.463 e. The molecule has 0 rings (SSSR count). The third-order valence-corrected chi connectivity index (χ3v) is 15.5. The molecule has 3 atom stereocenters. The SMILES string of the molecule is CC.CCCCCCCCC(CCCCCCCC)OC(O)CCCCCCCOC[C@@H](COCCOCCOCCOCCOC(=O)C(CC)CCN(C)C)OCCCCCCC.CCCCCCCCC(CCCCCCCC)OCO. The Morgan fingerprint density at radius 3 is 1.12 bits per heavy atom. The maximum atomic E-state index is 12.2. The smallest absolute Gasteiger partial charge is 0.309 e. The van der Waals surface area contributed by atoms with Crippen molar-refractivity contribution in [2.75, 3.05) is 107 Å². The van der Waals surface area contributed by atoms with Crippen LogP contribution in [0.2, 0.25) is 0 Å². The average Bonchev–Trinajstić information content (AvgIpc) is 3.49. The first-order valence-electron chi connectivity index (χ1n) is 36.1. The van der Waals surface area contributed by atoms with Crippen molar-refractivity contribution in [3.8, 4) is 0 Å². The van der Waals surface area contributed by atoms with Gasteiger partial charge in [-0.05, 0) is 84.8 Å². The fraction of sp³-hybridized carbons (Fsp3) is 0.986. The normalized spacial score (nSPS) is 12.7.